The third-order valence-corrected chi connectivity index (χ3v) is 9.18. The van der Waals surface area contributed by atoms with E-state index in [1.165, 1.54) is 12.8 Å². The standard InChI is InChI=1S/C28H36ClN7O3/c1-27(2,3)39-26(37)33-15-18-6-7-19(16-33)35(18)24-23-20(14-22(29)36-21(23)8-11-30-36)31-25(32-24)38-17-28-9-4-12-34(28)13-5-10-28/h8,11,14,18-19H,4-7,9-10,12-13,15-17H2,1-3H3. The van der Waals surface area contributed by atoms with Gasteiger partial charge < -0.3 is 19.3 Å². The predicted octanol–water partition coefficient (Wildman–Crippen LogP) is 4.53. The highest BCUT2D eigenvalue weighted by molar-refractivity contribution is 6.30. The maximum Gasteiger partial charge on any atom is 0.410 e. The first-order chi connectivity index (χ1) is 18.7. The van der Waals surface area contributed by atoms with Crippen LogP contribution in [-0.4, -0.2) is 91.5 Å². The van der Waals surface area contributed by atoms with Crippen LogP contribution in [0.5, 0.6) is 6.01 Å². The molecule has 4 aliphatic heterocycles. The van der Waals surface area contributed by atoms with E-state index in [0.717, 1.165) is 61.0 Å². The Kier molecular flexibility index (Phi) is 5.86. The predicted molar refractivity (Wildman–Crippen MR) is 149 cm³/mol. The van der Waals surface area contributed by atoms with Crippen molar-refractivity contribution in [1.29, 1.82) is 0 Å². The highest BCUT2D eigenvalue weighted by atomic mass is 35.5. The summed E-state index contributed by atoms with van der Waals surface area (Å²) in [7, 11) is 0. The Hall–Kier alpha value is -2.85. The van der Waals surface area contributed by atoms with Gasteiger partial charge in [-0.2, -0.15) is 15.1 Å². The summed E-state index contributed by atoms with van der Waals surface area (Å²) >= 11 is 6.62. The number of likely N-dealkylation sites (tertiary alicyclic amines) is 1. The van der Waals surface area contributed by atoms with E-state index in [-0.39, 0.29) is 23.7 Å². The Morgan fingerprint density at radius 2 is 1.85 bits per heavy atom. The van der Waals surface area contributed by atoms with E-state index in [0.29, 0.717) is 30.9 Å². The minimum Gasteiger partial charge on any atom is -0.461 e. The van der Waals surface area contributed by atoms with Gasteiger partial charge in [-0.25, -0.2) is 9.31 Å². The molecule has 4 saturated heterocycles. The third-order valence-electron chi connectivity index (χ3n) is 8.91. The molecule has 2 unspecified atom stereocenters. The molecule has 0 aliphatic carbocycles. The fourth-order valence-corrected chi connectivity index (χ4v) is 7.51. The SMILES string of the molecule is CC(C)(C)OC(=O)N1CC2CCC(C1)N2c1nc(OCC23CCCN2CCC3)nc2cc(Cl)n3nccc3c12. The fourth-order valence-electron chi connectivity index (χ4n) is 7.27. The van der Waals surface area contributed by atoms with Crippen LogP contribution in [-0.2, 0) is 4.74 Å². The highest BCUT2D eigenvalue weighted by Gasteiger charge is 2.46. The Labute approximate surface area is 233 Å². The maximum atomic E-state index is 12.9. The Balaban J connectivity index is 1.26. The summed E-state index contributed by atoms with van der Waals surface area (Å²) in [6, 6.07) is 4.44. The minimum absolute atomic E-state index is 0.101. The first kappa shape index (κ1) is 25.1. The van der Waals surface area contributed by atoms with Crippen LogP contribution in [0.25, 0.3) is 16.4 Å². The second kappa shape index (κ2) is 9.09. The molecule has 4 aliphatic rings. The van der Waals surface area contributed by atoms with Gasteiger partial charge >= 0.3 is 12.1 Å². The van der Waals surface area contributed by atoms with E-state index in [1.54, 1.807) is 10.7 Å². The molecule has 0 N–H and O–H groups in total. The number of fused-ring (bicyclic) bond motifs is 6. The zero-order valence-corrected chi connectivity index (χ0v) is 23.7. The molecule has 0 saturated carbocycles. The van der Waals surface area contributed by atoms with Crippen molar-refractivity contribution in [3.63, 3.8) is 0 Å². The van der Waals surface area contributed by atoms with E-state index >= 15 is 0 Å². The molecule has 3 aromatic heterocycles. The monoisotopic (exact) mass is 553 g/mol. The van der Waals surface area contributed by atoms with Crippen LogP contribution in [0.1, 0.15) is 59.3 Å². The normalized spacial score (nSPS) is 24.6. The number of hydrogen-bond acceptors (Lipinski definition) is 8. The Morgan fingerprint density at radius 3 is 2.54 bits per heavy atom. The number of pyridine rings is 1. The molecule has 39 heavy (non-hydrogen) atoms. The molecule has 0 spiro atoms. The van der Waals surface area contributed by atoms with E-state index in [1.807, 2.05) is 37.8 Å². The van der Waals surface area contributed by atoms with Crippen molar-refractivity contribution < 1.29 is 14.3 Å². The lowest BCUT2D eigenvalue weighted by Crippen LogP contribution is -2.56. The van der Waals surface area contributed by atoms with E-state index in [2.05, 4.69) is 14.9 Å². The van der Waals surface area contributed by atoms with Crippen molar-refractivity contribution in [2.75, 3.05) is 37.7 Å². The van der Waals surface area contributed by atoms with Gasteiger partial charge in [-0.15, -0.1) is 0 Å². The number of piperazine rings is 1. The van der Waals surface area contributed by atoms with Crippen LogP contribution < -0.4 is 9.64 Å². The maximum absolute atomic E-state index is 12.9. The summed E-state index contributed by atoms with van der Waals surface area (Å²) in [6.45, 7) is 9.79. The summed E-state index contributed by atoms with van der Waals surface area (Å²) in [4.78, 5) is 29.7. The number of carbonyl (C=O) groups excluding carboxylic acids is 1. The quantitative estimate of drug-likeness (QED) is 0.436. The number of carbonyl (C=O) groups is 1. The minimum atomic E-state index is -0.525. The highest BCUT2D eigenvalue weighted by Crippen LogP contribution is 2.42. The van der Waals surface area contributed by atoms with Crippen molar-refractivity contribution in [2.24, 2.45) is 0 Å². The van der Waals surface area contributed by atoms with Gasteiger partial charge in [0.2, 0.25) is 0 Å². The van der Waals surface area contributed by atoms with Crippen molar-refractivity contribution in [3.8, 4) is 6.01 Å². The first-order valence-electron chi connectivity index (χ1n) is 14.2. The molecule has 0 aromatic carbocycles. The number of rotatable bonds is 4. The molecule has 0 radical (unpaired) electrons. The molecular formula is C28H36ClN7O3. The molecule has 2 atom stereocenters. The molecule has 2 bridgehead atoms. The summed E-state index contributed by atoms with van der Waals surface area (Å²) in [6.07, 6.45) is 8.20. The van der Waals surface area contributed by atoms with Crippen LogP contribution in [0.15, 0.2) is 18.3 Å². The Bertz CT molecular complexity index is 1410. The number of amides is 1. The summed E-state index contributed by atoms with van der Waals surface area (Å²) in [5.41, 5.74) is 1.19. The summed E-state index contributed by atoms with van der Waals surface area (Å²) < 4.78 is 13.9. The fraction of sp³-hybridized carbons (Fsp3) is 0.643. The van der Waals surface area contributed by atoms with Gasteiger partial charge in [-0.05, 0) is 78.5 Å². The number of ether oxygens (including phenoxy) is 2. The van der Waals surface area contributed by atoms with E-state index < -0.39 is 5.60 Å². The van der Waals surface area contributed by atoms with Crippen molar-refractivity contribution in [3.05, 3.63) is 23.5 Å². The molecule has 7 rings (SSSR count). The van der Waals surface area contributed by atoms with Crippen LogP contribution in [0.4, 0.5) is 10.6 Å². The van der Waals surface area contributed by atoms with Crippen molar-refractivity contribution in [2.45, 2.75) is 82.5 Å². The molecule has 3 aromatic rings. The first-order valence-corrected chi connectivity index (χ1v) is 14.6. The largest absolute Gasteiger partial charge is 0.461 e. The van der Waals surface area contributed by atoms with Crippen molar-refractivity contribution in [1.82, 2.24) is 29.4 Å². The molecular weight excluding hydrogens is 518 g/mol. The molecule has 208 valence electrons. The molecule has 4 fully saturated rings. The lowest BCUT2D eigenvalue weighted by molar-refractivity contribution is 0.0209. The van der Waals surface area contributed by atoms with Crippen LogP contribution >= 0.6 is 11.6 Å². The number of aromatic nitrogens is 4. The van der Waals surface area contributed by atoms with Gasteiger partial charge in [0.25, 0.3) is 0 Å². The van der Waals surface area contributed by atoms with Crippen LogP contribution in [0, 0.1) is 0 Å². The topological polar surface area (TPSA) is 88.3 Å². The number of halogens is 1. The number of nitrogens with zero attached hydrogens (tertiary/aromatic N) is 7. The molecule has 11 heteroatoms. The molecule has 7 heterocycles. The van der Waals surface area contributed by atoms with Crippen LogP contribution in [0.2, 0.25) is 5.15 Å². The van der Waals surface area contributed by atoms with Crippen molar-refractivity contribution >= 4 is 39.9 Å². The molecule has 10 nitrogen and oxygen atoms in total. The van der Waals surface area contributed by atoms with E-state index in [9.17, 15) is 4.79 Å². The number of anilines is 1. The lowest BCUT2D eigenvalue weighted by Gasteiger charge is -2.42. The van der Waals surface area contributed by atoms with Gasteiger partial charge in [-0.3, -0.25) is 4.90 Å². The average molecular weight is 554 g/mol. The zero-order valence-electron chi connectivity index (χ0n) is 22.9. The summed E-state index contributed by atoms with van der Waals surface area (Å²) in [5.74, 6) is 0.834. The third kappa shape index (κ3) is 4.27. The zero-order chi connectivity index (χ0) is 26.9. The Morgan fingerprint density at radius 1 is 1.13 bits per heavy atom. The van der Waals surface area contributed by atoms with Gasteiger partial charge in [-0.1, -0.05) is 11.6 Å². The van der Waals surface area contributed by atoms with Gasteiger partial charge in [0.1, 0.15) is 23.2 Å². The molecule has 1 amide bonds. The second-order valence-corrected chi connectivity index (χ2v) is 13.0. The lowest BCUT2D eigenvalue weighted by atomic mass is 9.95. The van der Waals surface area contributed by atoms with Crippen LogP contribution in [0.3, 0.4) is 0 Å². The summed E-state index contributed by atoms with van der Waals surface area (Å²) in [5, 5.41) is 5.83. The number of hydrogen-bond donors (Lipinski definition) is 0. The average Bonchev–Trinajstić information content (AvgIpc) is 3.64. The van der Waals surface area contributed by atoms with Gasteiger partial charge in [0, 0.05) is 31.2 Å². The van der Waals surface area contributed by atoms with Gasteiger partial charge in [0.15, 0.2) is 0 Å². The second-order valence-electron chi connectivity index (χ2n) is 12.6. The smallest absolute Gasteiger partial charge is 0.410 e. The van der Waals surface area contributed by atoms with E-state index in [4.69, 9.17) is 31.0 Å². The van der Waals surface area contributed by atoms with Gasteiger partial charge in [0.05, 0.1) is 28.2 Å².